The summed E-state index contributed by atoms with van der Waals surface area (Å²) in [4.78, 5) is 36.8. The van der Waals surface area contributed by atoms with Gasteiger partial charge in [-0.3, -0.25) is 9.59 Å². The van der Waals surface area contributed by atoms with Crippen molar-refractivity contribution in [2.75, 3.05) is 12.4 Å². The lowest BCUT2D eigenvalue weighted by Crippen LogP contribution is -2.30. The highest BCUT2D eigenvalue weighted by Crippen LogP contribution is 2.16. The van der Waals surface area contributed by atoms with E-state index < -0.39 is 17.8 Å². The zero-order valence-electron chi connectivity index (χ0n) is 15.8. The van der Waals surface area contributed by atoms with E-state index in [1.807, 2.05) is 18.2 Å². The normalized spacial score (nSPS) is 10.9. The summed E-state index contributed by atoms with van der Waals surface area (Å²) in [7, 11) is 1.29. The number of benzene rings is 2. The van der Waals surface area contributed by atoms with Crippen molar-refractivity contribution in [2.24, 2.45) is 0 Å². The van der Waals surface area contributed by atoms with Gasteiger partial charge in [-0.05, 0) is 64.0 Å². The Morgan fingerprint density at radius 1 is 0.967 bits per heavy atom. The molecule has 0 bridgehead atoms. The van der Waals surface area contributed by atoms with Crippen LogP contribution >= 0.6 is 15.9 Å². The maximum atomic E-state index is 12.8. The predicted octanol–water partition coefficient (Wildman–Crippen LogP) is 4.24. The van der Waals surface area contributed by atoms with Crippen LogP contribution in [0.3, 0.4) is 0 Å². The largest absolute Gasteiger partial charge is 0.465 e. The molecule has 0 aliphatic rings. The molecule has 0 saturated carbocycles. The molecule has 2 aromatic carbocycles. The number of esters is 1. The van der Waals surface area contributed by atoms with E-state index in [0.717, 1.165) is 5.56 Å². The molecule has 0 saturated heterocycles. The summed E-state index contributed by atoms with van der Waals surface area (Å²) < 4.78 is 10.3. The molecule has 0 aliphatic carbocycles. The average molecular weight is 469 g/mol. The van der Waals surface area contributed by atoms with Crippen LogP contribution in [0.1, 0.15) is 26.5 Å². The minimum atomic E-state index is -0.570. The summed E-state index contributed by atoms with van der Waals surface area (Å²) in [6.07, 6.45) is 1.55. The smallest absolute Gasteiger partial charge is 0.337 e. The maximum Gasteiger partial charge on any atom is 0.337 e. The summed E-state index contributed by atoms with van der Waals surface area (Å²) in [5.74, 6) is -1.53. The van der Waals surface area contributed by atoms with Crippen LogP contribution in [0.2, 0.25) is 0 Å². The number of ether oxygens (including phenoxy) is 1. The van der Waals surface area contributed by atoms with Crippen LogP contribution < -0.4 is 10.6 Å². The first-order valence-electron chi connectivity index (χ1n) is 8.79. The molecule has 2 amide bonds. The number of hydrogen-bond acceptors (Lipinski definition) is 5. The van der Waals surface area contributed by atoms with Gasteiger partial charge in [-0.2, -0.15) is 0 Å². The van der Waals surface area contributed by atoms with E-state index in [2.05, 4.69) is 31.3 Å². The van der Waals surface area contributed by atoms with Crippen molar-refractivity contribution in [2.45, 2.75) is 0 Å². The number of amides is 2. The standard InChI is InChI=1S/C22H17BrN2O5/c1-29-22(28)15-7-9-16(10-8-15)24-20(26)17(13-14-5-3-2-4-6-14)25-21(27)18-11-12-19(23)30-18/h2-13H,1H3,(H,24,26)(H,25,27)/b17-13+. The first-order chi connectivity index (χ1) is 14.5. The third-order valence-electron chi connectivity index (χ3n) is 3.96. The summed E-state index contributed by atoms with van der Waals surface area (Å²) in [5.41, 5.74) is 1.55. The highest BCUT2D eigenvalue weighted by Gasteiger charge is 2.17. The topological polar surface area (TPSA) is 97.6 Å². The van der Waals surface area contributed by atoms with Gasteiger partial charge in [0.1, 0.15) is 5.70 Å². The lowest BCUT2D eigenvalue weighted by atomic mass is 10.1. The molecule has 7 nitrogen and oxygen atoms in total. The Morgan fingerprint density at radius 2 is 1.67 bits per heavy atom. The van der Waals surface area contributed by atoms with Gasteiger partial charge < -0.3 is 19.8 Å². The zero-order valence-corrected chi connectivity index (χ0v) is 17.4. The second-order valence-corrected chi connectivity index (χ2v) is 6.83. The minimum Gasteiger partial charge on any atom is -0.465 e. The Labute approximate surface area is 180 Å². The van der Waals surface area contributed by atoms with E-state index in [1.54, 1.807) is 36.4 Å². The monoisotopic (exact) mass is 468 g/mol. The van der Waals surface area contributed by atoms with E-state index in [4.69, 9.17) is 4.42 Å². The average Bonchev–Trinajstić information content (AvgIpc) is 3.20. The molecule has 3 rings (SSSR count). The molecule has 30 heavy (non-hydrogen) atoms. The Balaban J connectivity index is 1.82. The number of halogens is 1. The van der Waals surface area contributed by atoms with Gasteiger partial charge in [0.2, 0.25) is 0 Å². The molecule has 1 aromatic heterocycles. The number of rotatable bonds is 6. The molecule has 0 unspecified atom stereocenters. The van der Waals surface area contributed by atoms with Crippen LogP contribution in [0.5, 0.6) is 0 Å². The molecule has 0 fully saturated rings. The van der Waals surface area contributed by atoms with E-state index in [-0.39, 0.29) is 11.5 Å². The van der Waals surface area contributed by atoms with Crippen molar-refractivity contribution in [3.05, 3.63) is 94.0 Å². The lowest BCUT2D eigenvalue weighted by Gasteiger charge is -2.11. The predicted molar refractivity (Wildman–Crippen MR) is 115 cm³/mol. The fraction of sp³-hybridized carbons (Fsp3) is 0.0455. The van der Waals surface area contributed by atoms with Crippen LogP contribution in [-0.4, -0.2) is 24.9 Å². The number of carbonyl (C=O) groups is 3. The van der Waals surface area contributed by atoms with Crippen molar-refractivity contribution in [3.8, 4) is 0 Å². The van der Waals surface area contributed by atoms with Gasteiger partial charge in [0.15, 0.2) is 10.4 Å². The van der Waals surface area contributed by atoms with Gasteiger partial charge in [-0.15, -0.1) is 0 Å². The number of hydrogen-bond donors (Lipinski definition) is 2. The molecule has 152 valence electrons. The summed E-state index contributed by atoms with van der Waals surface area (Å²) in [5, 5.41) is 5.27. The van der Waals surface area contributed by atoms with Crippen LogP contribution in [-0.2, 0) is 9.53 Å². The van der Waals surface area contributed by atoms with Crippen LogP contribution in [0.4, 0.5) is 5.69 Å². The summed E-state index contributed by atoms with van der Waals surface area (Å²) >= 11 is 3.14. The van der Waals surface area contributed by atoms with E-state index >= 15 is 0 Å². The van der Waals surface area contributed by atoms with Crippen molar-refractivity contribution in [1.29, 1.82) is 0 Å². The zero-order chi connectivity index (χ0) is 21.5. The molecule has 0 atom stereocenters. The molecule has 3 aromatic rings. The van der Waals surface area contributed by atoms with Crippen molar-refractivity contribution < 1.29 is 23.5 Å². The molecule has 8 heteroatoms. The first kappa shape index (κ1) is 21.1. The molecular weight excluding hydrogens is 452 g/mol. The number of nitrogens with one attached hydrogen (secondary N) is 2. The van der Waals surface area contributed by atoms with Crippen molar-refractivity contribution in [3.63, 3.8) is 0 Å². The number of carbonyl (C=O) groups excluding carboxylic acids is 3. The first-order valence-corrected chi connectivity index (χ1v) is 9.59. The minimum absolute atomic E-state index is 0.0239. The van der Waals surface area contributed by atoms with Crippen LogP contribution in [0.15, 0.2) is 81.5 Å². The lowest BCUT2D eigenvalue weighted by molar-refractivity contribution is -0.113. The highest BCUT2D eigenvalue weighted by atomic mass is 79.9. The number of anilines is 1. The Bertz CT molecular complexity index is 1090. The van der Waals surface area contributed by atoms with Crippen LogP contribution in [0, 0.1) is 0 Å². The van der Waals surface area contributed by atoms with Gasteiger partial charge in [0, 0.05) is 5.69 Å². The Hall–Kier alpha value is -3.65. The van der Waals surface area contributed by atoms with E-state index in [9.17, 15) is 14.4 Å². The Kier molecular flexibility index (Phi) is 6.82. The van der Waals surface area contributed by atoms with Gasteiger partial charge >= 0.3 is 5.97 Å². The second kappa shape index (κ2) is 9.71. The molecule has 0 spiro atoms. The SMILES string of the molecule is COC(=O)c1ccc(NC(=O)/C(=C\c2ccccc2)NC(=O)c2ccc(Br)o2)cc1. The van der Waals surface area contributed by atoms with Gasteiger partial charge in [0.25, 0.3) is 11.8 Å². The highest BCUT2D eigenvalue weighted by molar-refractivity contribution is 9.10. The molecule has 1 heterocycles. The number of methoxy groups -OCH3 is 1. The molecule has 2 N–H and O–H groups in total. The second-order valence-electron chi connectivity index (χ2n) is 6.05. The van der Waals surface area contributed by atoms with Crippen molar-refractivity contribution in [1.82, 2.24) is 5.32 Å². The van der Waals surface area contributed by atoms with E-state index in [0.29, 0.717) is 15.9 Å². The number of furan rings is 1. The maximum absolute atomic E-state index is 12.8. The summed E-state index contributed by atoms with van der Waals surface area (Å²) in [6.45, 7) is 0. The van der Waals surface area contributed by atoms with Crippen molar-refractivity contribution >= 4 is 45.5 Å². The Morgan fingerprint density at radius 3 is 2.27 bits per heavy atom. The van der Waals surface area contributed by atoms with E-state index in [1.165, 1.54) is 25.3 Å². The van der Waals surface area contributed by atoms with Gasteiger partial charge in [-0.25, -0.2) is 4.79 Å². The third-order valence-corrected chi connectivity index (χ3v) is 4.39. The quantitative estimate of drug-likeness (QED) is 0.416. The molecule has 0 radical (unpaired) electrons. The molecule has 0 aliphatic heterocycles. The van der Waals surface area contributed by atoms with Crippen LogP contribution in [0.25, 0.3) is 6.08 Å². The van der Waals surface area contributed by atoms with Gasteiger partial charge in [-0.1, -0.05) is 30.3 Å². The molecular formula is C22H17BrN2O5. The fourth-order valence-corrected chi connectivity index (χ4v) is 2.81. The van der Waals surface area contributed by atoms with Gasteiger partial charge in [0.05, 0.1) is 12.7 Å². The third kappa shape index (κ3) is 5.45. The fourth-order valence-electron chi connectivity index (χ4n) is 2.50. The summed E-state index contributed by atoms with van der Waals surface area (Å²) in [6, 6.07) is 18.3.